The molecule has 0 aromatic heterocycles. The number of carbonyl (C=O) groups is 1. The summed E-state index contributed by atoms with van der Waals surface area (Å²) in [6.07, 6.45) is 1.55. The Hall–Kier alpha value is -1.81. The third kappa shape index (κ3) is 5.17. The largest absolute Gasteiger partial charge is 0.461 e. The van der Waals surface area contributed by atoms with Crippen molar-refractivity contribution in [2.24, 2.45) is 0 Å². The van der Waals surface area contributed by atoms with E-state index in [0.717, 1.165) is 11.3 Å². The quantitative estimate of drug-likeness (QED) is 0.459. The van der Waals surface area contributed by atoms with E-state index in [1.807, 2.05) is 36.2 Å². The Morgan fingerprint density at radius 2 is 2.12 bits per heavy atom. The van der Waals surface area contributed by atoms with Gasteiger partial charge in [0.15, 0.2) is 0 Å². The predicted molar refractivity (Wildman–Crippen MR) is 68.3 cm³/mol. The molecule has 4 nitrogen and oxygen atoms in total. The lowest BCUT2D eigenvalue weighted by molar-refractivity contribution is -0.143. The molecule has 0 aliphatic rings. The van der Waals surface area contributed by atoms with Crippen LogP contribution in [0.15, 0.2) is 36.9 Å². The Kier molecular flexibility index (Phi) is 5.23. The van der Waals surface area contributed by atoms with Gasteiger partial charge in [0.05, 0.1) is 6.54 Å². The number of hydrogen-bond donors (Lipinski definition) is 1. The summed E-state index contributed by atoms with van der Waals surface area (Å²) in [6.45, 7) is 4.69. The van der Waals surface area contributed by atoms with Gasteiger partial charge in [0.2, 0.25) is 0 Å². The van der Waals surface area contributed by atoms with E-state index < -0.39 is 0 Å². The predicted octanol–water partition coefficient (Wildman–Crippen LogP) is 1.43. The van der Waals surface area contributed by atoms with Crippen molar-refractivity contribution in [1.82, 2.24) is 4.90 Å². The monoisotopic (exact) mass is 234 g/mol. The summed E-state index contributed by atoms with van der Waals surface area (Å²) in [5.41, 5.74) is 7.44. The minimum absolute atomic E-state index is 0.247. The van der Waals surface area contributed by atoms with Crippen LogP contribution in [0, 0.1) is 0 Å². The van der Waals surface area contributed by atoms with Crippen molar-refractivity contribution in [3.05, 3.63) is 42.5 Å². The highest BCUT2D eigenvalue weighted by Gasteiger charge is 2.07. The van der Waals surface area contributed by atoms with Crippen molar-refractivity contribution < 1.29 is 9.53 Å². The smallest absolute Gasteiger partial charge is 0.320 e. The van der Waals surface area contributed by atoms with Gasteiger partial charge in [0, 0.05) is 12.2 Å². The molecule has 2 N–H and O–H groups in total. The number of esters is 1. The van der Waals surface area contributed by atoms with Crippen molar-refractivity contribution in [1.29, 1.82) is 0 Å². The normalized spacial score (nSPS) is 10.2. The summed E-state index contributed by atoms with van der Waals surface area (Å²) < 4.78 is 4.90. The molecule has 0 fully saturated rings. The molecule has 0 atom stereocenters. The molecule has 0 aliphatic carbocycles. The Morgan fingerprint density at radius 1 is 1.47 bits per heavy atom. The number of anilines is 1. The highest BCUT2D eigenvalue weighted by molar-refractivity contribution is 5.71. The van der Waals surface area contributed by atoms with Gasteiger partial charge in [-0.3, -0.25) is 9.69 Å². The third-order valence-electron chi connectivity index (χ3n) is 2.19. The number of likely N-dealkylation sites (N-methyl/N-ethyl adjacent to an activating group) is 1. The summed E-state index contributed by atoms with van der Waals surface area (Å²) in [5, 5.41) is 0. The lowest BCUT2D eigenvalue weighted by Crippen LogP contribution is -2.27. The van der Waals surface area contributed by atoms with Crippen LogP contribution in [0.3, 0.4) is 0 Å². The zero-order valence-electron chi connectivity index (χ0n) is 10.1. The lowest BCUT2D eigenvalue weighted by Gasteiger charge is -2.15. The van der Waals surface area contributed by atoms with Gasteiger partial charge in [0.25, 0.3) is 0 Å². The molecule has 17 heavy (non-hydrogen) atoms. The molecule has 0 spiro atoms. The number of benzene rings is 1. The number of nitrogens with two attached hydrogens (primary N) is 1. The molecule has 0 unspecified atom stereocenters. The van der Waals surface area contributed by atoms with Crippen molar-refractivity contribution in [2.45, 2.75) is 6.54 Å². The van der Waals surface area contributed by atoms with Crippen LogP contribution in [0.1, 0.15) is 5.56 Å². The van der Waals surface area contributed by atoms with Gasteiger partial charge in [-0.2, -0.15) is 0 Å². The molecular weight excluding hydrogens is 216 g/mol. The molecule has 1 aromatic carbocycles. The first-order valence-electron chi connectivity index (χ1n) is 5.41. The number of carbonyl (C=O) groups excluding carboxylic acids is 1. The standard InChI is InChI=1S/C13H18N2O2/c1-3-8-17-13(16)10-15(2)9-11-4-6-12(14)7-5-11/h3-7H,1,8-10,14H2,2H3. The maximum absolute atomic E-state index is 11.3. The van der Waals surface area contributed by atoms with Gasteiger partial charge in [-0.25, -0.2) is 0 Å². The van der Waals surface area contributed by atoms with E-state index in [0.29, 0.717) is 6.54 Å². The molecule has 1 rings (SSSR count). The fourth-order valence-corrected chi connectivity index (χ4v) is 1.41. The zero-order valence-corrected chi connectivity index (χ0v) is 10.1. The lowest BCUT2D eigenvalue weighted by atomic mass is 10.2. The summed E-state index contributed by atoms with van der Waals surface area (Å²) >= 11 is 0. The molecule has 0 bridgehead atoms. The minimum atomic E-state index is -0.247. The first-order valence-corrected chi connectivity index (χ1v) is 5.41. The van der Waals surface area contributed by atoms with Crippen LogP contribution in [-0.4, -0.2) is 31.1 Å². The van der Waals surface area contributed by atoms with E-state index in [-0.39, 0.29) is 19.1 Å². The molecular formula is C13H18N2O2. The van der Waals surface area contributed by atoms with Crippen LogP contribution in [0.2, 0.25) is 0 Å². The number of nitrogen functional groups attached to an aromatic ring is 1. The Labute approximate surface area is 102 Å². The number of rotatable bonds is 6. The highest BCUT2D eigenvalue weighted by Crippen LogP contribution is 2.07. The minimum Gasteiger partial charge on any atom is -0.461 e. The van der Waals surface area contributed by atoms with E-state index in [1.165, 1.54) is 0 Å². The van der Waals surface area contributed by atoms with Crippen LogP contribution >= 0.6 is 0 Å². The number of ether oxygens (including phenoxy) is 1. The Balaban J connectivity index is 2.38. The van der Waals surface area contributed by atoms with Gasteiger partial charge in [0.1, 0.15) is 6.61 Å². The van der Waals surface area contributed by atoms with Crippen molar-refractivity contribution in [3.63, 3.8) is 0 Å². The topological polar surface area (TPSA) is 55.6 Å². The van der Waals surface area contributed by atoms with Crippen LogP contribution in [0.4, 0.5) is 5.69 Å². The molecule has 1 aromatic rings. The van der Waals surface area contributed by atoms with Crippen LogP contribution in [0.5, 0.6) is 0 Å². The van der Waals surface area contributed by atoms with Crippen molar-refractivity contribution in [2.75, 3.05) is 25.9 Å². The third-order valence-corrected chi connectivity index (χ3v) is 2.19. The second-order valence-electron chi connectivity index (χ2n) is 3.89. The van der Waals surface area contributed by atoms with Crippen LogP contribution in [-0.2, 0) is 16.1 Å². The van der Waals surface area contributed by atoms with E-state index in [2.05, 4.69) is 6.58 Å². The summed E-state index contributed by atoms with van der Waals surface area (Å²) in [4.78, 5) is 13.2. The average molecular weight is 234 g/mol. The fraction of sp³-hybridized carbons (Fsp3) is 0.308. The van der Waals surface area contributed by atoms with Gasteiger partial charge in [-0.15, -0.1) is 0 Å². The molecule has 0 aliphatic heterocycles. The SMILES string of the molecule is C=CCOC(=O)CN(C)Cc1ccc(N)cc1. The number of hydrogen-bond acceptors (Lipinski definition) is 4. The summed E-state index contributed by atoms with van der Waals surface area (Å²) in [6, 6.07) is 7.58. The Bertz CT molecular complexity index is 374. The molecule has 0 saturated carbocycles. The first kappa shape index (κ1) is 13.3. The summed E-state index contributed by atoms with van der Waals surface area (Å²) in [7, 11) is 1.87. The summed E-state index contributed by atoms with van der Waals surface area (Å²) in [5.74, 6) is -0.247. The first-order chi connectivity index (χ1) is 8.11. The molecule has 0 radical (unpaired) electrons. The molecule has 0 saturated heterocycles. The van der Waals surface area contributed by atoms with Gasteiger partial charge in [-0.05, 0) is 24.7 Å². The second-order valence-corrected chi connectivity index (χ2v) is 3.89. The zero-order chi connectivity index (χ0) is 12.7. The van der Waals surface area contributed by atoms with Crippen molar-refractivity contribution in [3.8, 4) is 0 Å². The fourth-order valence-electron chi connectivity index (χ4n) is 1.41. The molecule has 4 heteroatoms. The maximum Gasteiger partial charge on any atom is 0.320 e. The van der Waals surface area contributed by atoms with E-state index in [1.54, 1.807) is 6.08 Å². The average Bonchev–Trinajstić information content (AvgIpc) is 2.29. The van der Waals surface area contributed by atoms with Gasteiger partial charge < -0.3 is 10.5 Å². The maximum atomic E-state index is 11.3. The van der Waals surface area contributed by atoms with Gasteiger partial charge >= 0.3 is 5.97 Å². The van der Waals surface area contributed by atoms with Crippen molar-refractivity contribution >= 4 is 11.7 Å². The van der Waals surface area contributed by atoms with E-state index >= 15 is 0 Å². The second kappa shape index (κ2) is 6.70. The van der Waals surface area contributed by atoms with Crippen LogP contribution in [0.25, 0.3) is 0 Å². The molecule has 92 valence electrons. The number of nitrogens with zero attached hydrogens (tertiary/aromatic N) is 1. The highest BCUT2D eigenvalue weighted by atomic mass is 16.5. The Morgan fingerprint density at radius 3 is 2.71 bits per heavy atom. The van der Waals surface area contributed by atoms with Gasteiger partial charge in [-0.1, -0.05) is 24.8 Å². The molecule has 0 amide bonds. The molecule has 0 heterocycles. The van der Waals surface area contributed by atoms with E-state index in [9.17, 15) is 4.79 Å². The van der Waals surface area contributed by atoms with E-state index in [4.69, 9.17) is 10.5 Å². The van der Waals surface area contributed by atoms with Crippen LogP contribution < -0.4 is 5.73 Å².